The summed E-state index contributed by atoms with van der Waals surface area (Å²) in [5, 5.41) is 10.0. The summed E-state index contributed by atoms with van der Waals surface area (Å²) in [6, 6.07) is 10.00. The molecule has 0 unspecified atom stereocenters. The van der Waals surface area contributed by atoms with Gasteiger partial charge in [-0.05, 0) is 24.6 Å². The van der Waals surface area contributed by atoms with Crippen LogP contribution >= 0.6 is 11.3 Å². The van der Waals surface area contributed by atoms with E-state index in [1.165, 1.54) is 10.3 Å². The summed E-state index contributed by atoms with van der Waals surface area (Å²) in [6.07, 6.45) is 1.64. The van der Waals surface area contributed by atoms with Gasteiger partial charge >= 0.3 is 0 Å². The van der Waals surface area contributed by atoms with Crippen LogP contribution in [-0.4, -0.2) is 41.1 Å². The minimum absolute atomic E-state index is 0.407. The number of thiazole rings is 1. The molecule has 0 radical (unpaired) electrons. The number of aromatic nitrogens is 3. The van der Waals surface area contributed by atoms with Crippen molar-refractivity contribution in [2.45, 2.75) is 6.92 Å². The maximum atomic E-state index is 8.97. The second kappa shape index (κ2) is 6.06. The van der Waals surface area contributed by atoms with E-state index in [1.807, 2.05) is 0 Å². The first-order chi connectivity index (χ1) is 11.7. The van der Waals surface area contributed by atoms with Crippen LogP contribution in [-0.2, 0) is 0 Å². The molecule has 7 heteroatoms. The third-order valence-corrected chi connectivity index (χ3v) is 5.28. The van der Waals surface area contributed by atoms with Crippen molar-refractivity contribution in [3.05, 3.63) is 41.7 Å². The first-order valence-corrected chi connectivity index (χ1v) is 8.65. The molecule has 1 aliphatic heterocycles. The minimum Gasteiger partial charge on any atom is -0.345 e. The van der Waals surface area contributed by atoms with Crippen LogP contribution in [0.25, 0.3) is 10.2 Å². The number of hydrogen-bond donors (Lipinski definition) is 0. The van der Waals surface area contributed by atoms with Gasteiger partial charge in [0, 0.05) is 32.4 Å². The molecule has 1 aliphatic rings. The normalized spacial score (nSPS) is 14.8. The third kappa shape index (κ3) is 2.65. The second-order valence-corrected chi connectivity index (χ2v) is 6.75. The Bertz CT molecular complexity index is 920. The predicted octanol–water partition coefficient (Wildman–Crippen LogP) is 2.59. The van der Waals surface area contributed by atoms with E-state index >= 15 is 0 Å². The highest BCUT2D eigenvalue weighted by molar-refractivity contribution is 7.22. The van der Waals surface area contributed by atoms with Crippen molar-refractivity contribution in [2.75, 3.05) is 36.0 Å². The van der Waals surface area contributed by atoms with Crippen LogP contribution in [0.15, 0.2) is 30.5 Å². The molecule has 1 saturated heterocycles. The summed E-state index contributed by atoms with van der Waals surface area (Å²) in [4.78, 5) is 17.8. The fourth-order valence-corrected chi connectivity index (χ4v) is 3.97. The maximum Gasteiger partial charge on any atom is 0.226 e. The lowest BCUT2D eigenvalue weighted by molar-refractivity contribution is 0.639. The lowest BCUT2D eigenvalue weighted by Crippen LogP contribution is -2.47. The molecule has 4 rings (SSSR count). The Kier molecular flexibility index (Phi) is 3.75. The first kappa shape index (κ1) is 14.8. The number of nitriles is 1. The molecule has 2 aromatic heterocycles. The number of hydrogen-bond acceptors (Lipinski definition) is 7. The van der Waals surface area contributed by atoms with Gasteiger partial charge in [0.05, 0.1) is 10.2 Å². The number of nitrogens with zero attached hydrogens (tertiary/aromatic N) is 6. The van der Waals surface area contributed by atoms with Gasteiger partial charge in [0.15, 0.2) is 5.13 Å². The number of fused-ring (bicyclic) bond motifs is 1. The summed E-state index contributed by atoms with van der Waals surface area (Å²) < 4.78 is 1.23. The monoisotopic (exact) mass is 336 g/mol. The summed E-state index contributed by atoms with van der Waals surface area (Å²) in [5.41, 5.74) is 2.73. The van der Waals surface area contributed by atoms with E-state index in [4.69, 9.17) is 10.2 Å². The van der Waals surface area contributed by atoms with Crippen molar-refractivity contribution >= 4 is 32.6 Å². The van der Waals surface area contributed by atoms with Gasteiger partial charge in [-0.2, -0.15) is 5.26 Å². The Morgan fingerprint density at radius 1 is 1.08 bits per heavy atom. The van der Waals surface area contributed by atoms with Crippen molar-refractivity contribution in [1.82, 2.24) is 15.0 Å². The highest BCUT2D eigenvalue weighted by atomic mass is 32.1. The van der Waals surface area contributed by atoms with Crippen LogP contribution in [0.2, 0.25) is 0 Å². The van der Waals surface area contributed by atoms with Gasteiger partial charge < -0.3 is 9.80 Å². The molecule has 1 aromatic carbocycles. The molecule has 0 spiro atoms. The quantitative estimate of drug-likeness (QED) is 0.716. The zero-order valence-electron chi connectivity index (χ0n) is 13.3. The SMILES string of the molecule is Cc1cccc2sc(N3CCN(c4nccc(C#N)n4)CC3)nc12. The molecule has 0 bridgehead atoms. The average molecular weight is 336 g/mol. The van der Waals surface area contributed by atoms with Crippen LogP contribution in [0.4, 0.5) is 11.1 Å². The summed E-state index contributed by atoms with van der Waals surface area (Å²) in [6.45, 7) is 5.49. The molecule has 3 heterocycles. The first-order valence-electron chi connectivity index (χ1n) is 7.84. The summed E-state index contributed by atoms with van der Waals surface area (Å²) >= 11 is 1.74. The molecule has 3 aromatic rings. The topological polar surface area (TPSA) is 68.9 Å². The molecule has 0 atom stereocenters. The van der Waals surface area contributed by atoms with Gasteiger partial charge in [0.1, 0.15) is 11.8 Å². The van der Waals surface area contributed by atoms with Gasteiger partial charge in [0.2, 0.25) is 5.95 Å². The van der Waals surface area contributed by atoms with Gasteiger partial charge in [-0.15, -0.1) is 0 Å². The number of aryl methyl sites for hydroxylation is 1. The number of para-hydroxylation sites is 1. The molecule has 1 fully saturated rings. The standard InChI is InChI=1S/C17H16N6S/c1-12-3-2-4-14-15(12)21-17(24-14)23-9-7-22(8-10-23)16-19-6-5-13(11-18)20-16/h2-6H,7-10H2,1H3. The van der Waals surface area contributed by atoms with E-state index in [0.717, 1.165) is 36.8 Å². The highest BCUT2D eigenvalue weighted by Crippen LogP contribution is 2.31. The molecule has 24 heavy (non-hydrogen) atoms. The molecule has 0 saturated carbocycles. The average Bonchev–Trinajstić information content (AvgIpc) is 3.08. The number of rotatable bonds is 2. The molecule has 0 amide bonds. The number of piperazine rings is 1. The smallest absolute Gasteiger partial charge is 0.226 e. The molecule has 120 valence electrons. The van der Waals surface area contributed by atoms with E-state index in [0.29, 0.717) is 11.6 Å². The van der Waals surface area contributed by atoms with Crippen molar-refractivity contribution in [3.8, 4) is 6.07 Å². The minimum atomic E-state index is 0.407. The lowest BCUT2D eigenvalue weighted by atomic mass is 10.2. The number of benzene rings is 1. The van der Waals surface area contributed by atoms with E-state index in [2.05, 4.69) is 51.0 Å². The Morgan fingerprint density at radius 3 is 2.62 bits per heavy atom. The van der Waals surface area contributed by atoms with Crippen molar-refractivity contribution < 1.29 is 0 Å². The van der Waals surface area contributed by atoms with Gasteiger partial charge in [-0.1, -0.05) is 23.5 Å². The zero-order valence-corrected chi connectivity index (χ0v) is 14.1. The Balaban J connectivity index is 1.51. The van der Waals surface area contributed by atoms with Crippen molar-refractivity contribution in [3.63, 3.8) is 0 Å². The maximum absolute atomic E-state index is 8.97. The van der Waals surface area contributed by atoms with E-state index in [1.54, 1.807) is 23.6 Å². The van der Waals surface area contributed by atoms with Crippen LogP contribution in [0.5, 0.6) is 0 Å². The Labute approximate surface area is 144 Å². The van der Waals surface area contributed by atoms with Crippen molar-refractivity contribution in [2.24, 2.45) is 0 Å². The zero-order chi connectivity index (χ0) is 16.5. The lowest BCUT2D eigenvalue weighted by Gasteiger charge is -2.34. The molecular formula is C17H16N6S. The molecule has 0 N–H and O–H groups in total. The predicted molar refractivity (Wildman–Crippen MR) is 95.5 cm³/mol. The van der Waals surface area contributed by atoms with E-state index in [9.17, 15) is 0 Å². The Hall–Kier alpha value is -2.72. The van der Waals surface area contributed by atoms with Gasteiger partial charge in [-0.3, -0.25) is 0 Å². The number of anilines is 2. The fraction of sp³-hybridized carbons (Fsp3) is 0.294. The van der Waals surface area contributed by atoms with Crippen LogP contribution in [0, 0.1) is 18.3 Å². The van der Waals surface area contributed by atoms with E-state index in [-0.39, 0.29) is 0 Å². The van der Waals surface area contributed by atoms with E-state index < -0.39 is 0 Å². The van der Waals surface area contributed by atoms with Crippen molar-refractivity contribution in [1.29, 1.82) is 5.26 Å². The molecular weight excluding hydrogens is 320 g/mol. The van der Waals surface area contributed by atoms with Crippen LogP contribution in [0.1, 0.15) is 11.3 Å². The summed E-state index contributed by atoms with van der Waals surface area (Å²) in [7, 11) is 0. The summed E-state index contributed by atoms with van der Waals surface area (Å²) in [5.74, 6) is 0.633. The Morgan fingerprint density at radius 2 is 1.88 bits per heavy atom. The fourth-order valence-electron chi connectivity index (χ4n) is 2.87. The molecule has 6 nitrogen and oxygen atoms in total. The van der Waals surface area contributed by atoms with Crippen LogP contribution < -0.4 is 9.80 Å². The van der Waals surface area contributed by atoms with Gasteiger partial charge in [-0.25, -0.2) is 15.0 Å². The third-order valence-electron chi connectivity index (χ3n) is 4.20. The second-order valence-electron chi connectivity index (χ2n) is 5.75. The van der Waals surface area contributed by atoms with Gasteiger partial charge in [0.25, 0.3) is 0 Å². The highest BCUT2D eigenvalue weighted by Gasteiger charge is 2.21. The molecule has 0 aliphatic carbocycles. The van der Waals surface area contributed by atoms with Crippen LogP contribution in [0.3, 0.4) is 0 Å². The largest absolute Gasteiger partial charge is 0.345 e.